The highest BCUT2D eigenvalue weighted by atomic mass is 32.1. The SMILES string of the molecule is CC(=O)[C@H](CC(C)C)NC(=O)NCCNCCCCCCS. The molecule has 0 radical (unpaired) electrons. The molecule has 0 aromatic carbocycles. The van der Waals surface area contributed by atoms with Gasteiger partial charge in [0, 0.05) is 13.1 Å². The molecule has 2 amide bonds. The van der Waals surface area contributed by atoms with Gasteiger partial charge in [-0.05, 0) is 44.4 Å². The van der Waals surface area contributed by atoms with Crippen LogP contribution in [0.15, 0.2) is 0 Å². The van der Waals surface area contributed by atoms with E-state index in [1.165, 1.54) is 26.2 Å². The van der Waals surface area contributed by atoms with Crippen molar-refractivity contribution in [2.75, 3.05) is 25.4 Å². The Kier molecular flexibility index (Phi) is 13.4. The summed E-state index contributed by atoms with van der Waals surface area (Å²) in [7, 11) is 0. The molecule has 22 heavy (non-hydrogen) atoms. The molecule has 0 bridgehead atoms. The van der Waals surface area contributed by atoms with Gasteiger partial charge in [0.25, 0.3) is 0 Å². The minimum atomic E-state index is -0.389. The fraction of sp³-hybridized carbons (Fsp3) is 0.875. The van der Waals surface area contributed by atoms with Crippen molar-refractivity contribution in [2.24, 2.45) is 5.92 Å². The maximum atomic E-state index is 11.7. The van der Waals surface area contributed by atoms with Gasteiger partial charge in [-0.1, -0.05) is 26.7 Å². The first-order valence-corrected chi connectivity index (χ1v) is 8.97. The van der Waals surface area contributed by atoms with Gasteiger partial charge in [0.15, 0.2) is 5.78 Å². The van der Waals surface area contributed by atoms with E-state index in [1.807, 2.05) is 13.8 Å². The van der Waals surface area contributed by atoms with Gasteiger partial charge in [0.2, 0.25) is 0 Å². The number of ketones is 1. The van der Waals surface area contributed by atoms with E-state index >= 15 is 0 Å². The van der Waals surface area contributed by atoms with Crippen LogP contribution < -0.4 is 16.0 Å². The van der Waals surface area contributed by atoms with Gasteiger partial charge in [-0.2, -0.15) is 12.6 Å². The molecule has 0 aliphatic heterocycles. The molecule has 0 aliphatic rings. The van der Waals surface area contributed by atoms with Crippen molar-refractivity contribution in [3.8, 4) is 0 Å². The zero-order chi connectivity index (χ0) is 16.8. The van der Waals surface area contributed by atoms with Gasteiger partial charge in [-0.3, -0.25) is 4.79 Å². The molecule has 6 heteroatoms. The standard InChI is InChI=1S/C16H33N3O2S/c1-13(2)12-15(14(3)20)19-16(21)18-10-9-17-8-6-4-5-7-11-22/h13,15,17,22H,4-12H2,1-3H3,(H2,18,19,21)/t15-/m0/s1. The highest BCUT2D eigenvalue weighted by Gasteiger charge is 2.17. The van der Waals surface area contributed by atoms with Gasteiger partial charge in [-0.15, -0.1) is 0 Å². The minimum absolute atomic E-state index is 0.00295. The van der Waals surface area contributed by atoms with E-state index < -0.39 is 0 Å². The van der Waals surface area contributed by atoms with E-state index in [0.717, 1.165) is 25.3 Å². The molecule has 0 spiro atoms. The third kappa shape index (κ3) is 13.0. The number of nitrogens with one attached hydrogen (secondary N) is 3. The largest absolute Gasteiger partial charge is 0.337 e. The van der Waals surface area contributed by atoms with Gasteiger partial charge < -0.3 is 16.0 Å². The number of urea groups is 1. The Morgan fingerprint density at radius 3 is 2.27 bits per heavy atom. The molecule has 130 valence electrons. The molecule has 3 N–H and O–H groups in total. The zero-order valence-corrected chi connectivity index (χ0v) is 15.2. The van der Waals surface area contributed by atoms with Crippen LogP contribution in [0.4, 0.5) is 4.79 Å². The number of Topliss-reactive ketones (excluding diaryl/α,β-unsaturated/α-hetero) is 1. The van der Waals surface area contributed by atoms with Crippen LogP contribution in [0.2, 0.25) is 0 Å². The van der Waals surface area contributed by atoms with Crippen LogP contribution in [0.1, 0.15) is 52.9 Å². The lowest BCUT2D eigenvalue weighted by atomic mass is 10.0. The molecule has 0 aliphatic carbocycles. The molecule has 1 atom stereocenters. The van der Waals surface area contributed by atoms with E-state index in [1.54, 1.807) is 0 Å². The van der Waals surface area contributed by atoms with E-state index in [2.05, 4.69) is 28.6 Å². The van der Waals surface area contributed by atoms with Crippen molar-refractivity contribution in [1.29, 1.82) is 0 Å². The topological polar surface area (TPSA) is 70.2 Å². The van der Waals surface area contributed by atoms with Gasteiger partial charge in [0.1, 0.15) is 0 Å². The maximum absolute atomic E-state index is 11.7. The Hall–Kier alpha value is -0.750. The van der Waals surface area contributed by atoms with Crippen LogP contribution in [0.3, 0.4) is 0 Å². The first-order chi connectivity index (χ1) is 10.5. The first-order valence-electron chi connectivity index (χ1n) is 8.33. The van der Waals surface area contributed by atoms with Crippen molar-refractivity contribution < 1.29 is 9.59 Å². The normalized spacial score (nSPS) is 12.2. The summed E-state index contributed by atoms with van der Waals surface area (Å²) in [4.78, 5) is 23.2. The second kappa shape index (κ2) is 13.9. The highest BCUT2D eigenvalue weighted by molar-refractivity contribution is 7.80. The van der Waals surface area contributed by atoms with Crippen LogP contribution in [0.5, 0.6) is 0 Å². The lowest BCUT2D eigenvalue weighted by Gasteiger charge is -2.18. The van der Waals surface area contributed by atoms with Crippen molar-refractivity contribution in [3.63, 3.8) is 0 Å². The van der Waals surface area contributed by atoms with Gasteiger partial charge in [-0.25, -0.2) is 4.79 Å². The average molecular weight is 332 g/mol. The Bertz CT molecular complexity index is 312. The lowest BCUT2D eigenvalue weighted by molar-refractivity contribution is -0.119. The fourth-order valence-corrected chi connectivity index (χ4v) is 2.34. The number of hydrogen-bond donors (Lipinski definition) is 4. The van der Waals surface area contributed by atoms with Crippen molar-refractivity contribution in [2.45, 2.75) is 58.9 Å². The minimum Gasteiger partial charge on any atom is -0.337 e. The first kappa shape index (κ1) is 21.2. The van der Waals surface area contributed by atoms with Crippen LogP contribution >= 0.6 is 12.6 Å². The monoisotopic (exact) mass is 331 g/mol. The number of carbonyl (C=O) groups is 2. The number of hydrogen-bond acceptors (Lipinski definition) is 4. The second-order valence-corrected chi connectivity index (χ2v) is 6.53. The zero-order valence-electron chi connectivity index (χ0n) is 14.3. The Labute approximate surface area is 140 Å². The molecule has 0 saturated heterocycles. The number of unbranched alkanes of at least 4 members (excludes halogenated alkanes) is 3. The Balaban J connectivity index is 3.61. The molecule has 0 unspecified atom stereocenters. The van der Waals surface area contributed by atoms with E-state index in [4.69, 9.17) is 0 Å². The number of carbonyl (C=O) groups excluding carboxylic acids is 2. The summed E-state index contributed by atoms with van der Waals surface area (Å²) in [5.41, 5.74) is 0. The van der Waals surface area contributed by atoms with Crippen LogP contribution in [-0.2, 0) is 4.79 Å². The predicted octanol–water partition coefficient (Wildman–Crippen LogP) is 2.37. The number of thiol groups is 1. The van der Waals surface area contributed by atoms with Crippen LogP contribution in [-0.4, -0.2) is 43.2 Å². The third-order valence-electron chi connectivity index (χ3n) is 3.35. The lowest BCUT2D eigenvalue weighted by Crippen LogP contribution is -2.47. The number of amides is 2. The average Bonchev–Trinajstić information content (AvgIpc) is 2.44. The molecule has 0 aromatic rings. The molecule has 0 fully saturated rings. The summed E-state index contributed by atoms with van der Waals surface area (Å²) in [6.45, 7) is 7.87. The van der Waals surface area contributed by atoms with Crippen molar-refractivity contribution in [1.82, 2.24) is 16.0 Å². The summed E-state index contributed by atoms with van der Waals surface area (Å²) in [5.74, 6) is 1.34. The molecule has 0 heterocycles. The quantitative estimate of drug-likeness (QED) is 0.309. The fourth-order valence-electron chi connectivity index (χ4n) is 2.11. The van der Waals surface area contributed by atoms with E-state index in [-0.39, 0.29) is 17.9 Å². The Morgan fingerprint density at radius 1 is 1.00 bits per heavy atom. The third-order valence-corrected chi connectivity index (χ3v) is 3.67. The molecule has 0 rings (SSSR count). The highest BCUT2D eigenvalue weighted by Crippen LogP contribution is 2.05. The molecule has 5 nitrogen and oxygen atoms in total. The second-order valence-electron chi connectivity index (χ2n) is 6.08. The van der Waals surface area contributed by atoms with Crippen molar-refractivity contribution in [3.05, 3.63) is 0 Å². The van der Waals surface area contributed by atoms with E-state index in [0.29, 0.717) is 18.9 Å². The molecule has 0 aromatic heterocycles. The summed E-state index contributed by atoms with van der Waals surface area (Å²) in [6.07, 6.45) is 5.46. The predicted molar refractivity (Wildman–Crippen MR) is 95.6 cm³/mol. The van der Waals surface area contributed by atoms with Crippen LogP contribution in [0, 0.1) is 5.92 Å². The maximum Gasteiger partial charge on any atom is 0.315 e. The van der Waals surface area contributed by atoms with Crippen molar-refractivity contribution >= 4 is 24.4 Å². The van der Waals surface area contributed by atoms with E-state index in [9.17, 15) is 9.59 Å². The van der Waals surface area contributed by atoms with Gasteiger partial charge >= 0.3 is 6.03 Å². The summed E-state index contributed by atoms with van der Waals surface area (Å²) in [6, 6.07) is -0.656. The van der Waals surface area contributed by atoms with Crippen LogP contribution in [0.25, 0.3) is 0 Å². The molecular formula is C16H33N3O2S. The Morgan fingerprint density at radius 2 is 1.68 bits per heavy atom. The van der Waals surface area contributed by atoms with Gasteiger partial charge in [0.05, 0.1) is 6.04 Å². The molecular weight excluding hydrogens is 298 g/mol. The number of rotatable bonds is 13. The summed E-state index contributed by atoms with van der Waals surface area (Å²) < 4.78 is 0. The smallest absolute Gasteiger partial charge is 0.315 e. The molecule has 0 saturated carbocycles. The summed E-state index contributed by atoms with van der Waals surface area (Å²) >= 11 is 4.18. The summed E-state index contributed by atoms with van der Waals surface area (Å²) in [5, 5.41) is 8.81.